The lowest BCUT2D eigenvalue weighted by Crippen LogP contribution is -2.35. The second-order valence-corrected chi connectivity index (χ2v) is 6.75. The van der Waals surface area contributed by atoms with Crippen LogP contribution in [0, 0.1) is 12.3 Å². The number of benzene rings is 1. The number of nitrogens with one attached hydrogen (secondary N) is 1. The van der Waals surface area contributed by atoms with Crippen LogP contribution < -0.4 is 5.32 Å². The van der Waals surface area contributed by atoms with E-state index in [-0.39, 0.29) is 11.9 Å². The normalized spacial score (nSPS) is 26.5. The summed E-state index contributed by atoms with van der Waals surface area (Å²) in [6.45, 7) is 5.80. The summed E-state index contributed by atoms with van der Waals surface area (Å²) in [4.78, 5) is 12.2. The van der Waals surface area contributed by atoms with E-state index in [4.69, 9.17) is 23.2 Å². The number of amides is 1. The van der Waals surface area contributed by atoms with Gasteiger partial charge in [-0.25, -0.2) is 0 Å². The van der Waals surface area contributed by atoms with Crippen LogP contribution in [-0.2, 0) is 4.79 Å². The Bertz CT molecular complexity index is 486. The molecule has 0 saturated heterocycles. The Morgan fingerprint density at radius 3 is 2.44 bits per heavy atom. The van der Waals surface area contributed by atoms with Crippen LogP contribution in [-0.4, -0.2) is 10.2 Å². The third-order valence-corrected chi connectivity index (χ3v) is 4.86. The summed E-state index contributed by atoms with van der Waals surface area (Å²) >= 11 is 12.0. The Kier molecular flexibility index (Phi) is 3.37. The number of aryl methyl sites for hydroxylation is 1. The fraction of sp³-hybridized carbons (Fsp3) is 0.500. The van der Waals surface area contributed by atoms with Gasteiger partial charge in [0.05, 0.1) is 11.5 Å². The highest BCUT2D eigenvalue weighted by molar-refractivity contribution is 6.53. The summed E-state index contributed by atoms with van der Waals surface area (Å²) in [6.07, 6.45) is 0.509. The molecule has 4 heteroatoms. The van der Waals surface area contributed by atoms with E-state index in [1.807, 2.05) is 38.1 Å². The molecule has 0 heterocycles. The Balaban J connectivity index is 2.08. The van der Waals surface area contributed by atoms with Crippen molar-refractivity contribution >= 4 is 29.1 Å². The second-order valence-electron chi connectivity index (χ2n) is 5.27. The number of hydrogen-bond donors (Lipinski definition) is 1. The lowest BCUT2D eigenvalue weighted by molar-refractivity contribution is -0.126. The summed E-state index contributed by atoms with van der Waals surface area (Å²) in [5.41, 5.74) is 1.62. The largest absolute Gasteiger partial charge is 0.349 e. The highest BCUT2D eigenvalue weighted by atomic mass is 35.5. The number of hydrogen-bond acceptors (Lipinski definition) is 1. The Morgan fingerprint density at radius 2 is 1.94 bits per heavy atom. The van der Waals surface area contributed by atoms with Crippen LogP contribution in [0.25, 0.3) is 0 Å². The van der Waals surface area contributed by atoms with Gasteiger partial charge in [0.15, 0.2) is 0 Å². The molecule has 0 aliphatic heterocycles. The molecule has 1 fully saturated rings. The average Bonchev–Trinajstić information content (AvgIpc) is 2.80. The van der Waals surface area contributed by atoms with Crippen molar-refractivity contribution in [1.82, 2.24) is 5.32 Å². The van der Waals surface area contributed by atoms with Gasteiger partial charge in [0.25, 0.3) is 0 Å². The first kappa shape index (κ1) is 13.7. The molecule has 1 aliphatic carbocycles. The molecule has 2 rings (SSSR count). The number of halogens is 2. The van der Waals surface area contributed by atoms with Gasteiger partial charge in [-0.2, -0.15) is 0 Å². The monoisotopic (exact) mass is 285 g/mol. The minimum Gasteiger partial charge on any atom is -0.349 e. The third-order valence-electron chi connectivity index (χ3n) is 3.76. The predicted octanol–water partition coefficient (Wildman–Crippen LogP) is 3.76. The maximum Gasteiger partial charge on any atom is 0.229 e. The molecular formula is C14H17Cl2NO. The summed E-state index contributed by atoms with van der Waals surface area (Å²) in [7, 11) is 0. The molecule has 0 spiro atoms. The smallest absolute Gasteiger partial charge is 0.229 e. The van der Waals surface area contributed by atoms with Crippen molar-refractivity contribution in [3.63, 3.8) is 0 Å². The molecule has 1 amide bonds. The molecular weight excluding hydrogens is 269 g/mol. The van der Waals surface area contributed by atoms with Gasteiger partial charge in [-0.15, -0.1) is 23.2 Å². The maximum absolute atomic E-state index is 12.2. The van der Waals surface area contributed by atoms with Crippen molar-refractivity contribution in [1.29, 1.82) is 0 Å². The number of carbonyl (C=O) groups is 1. The fourth-order valence-corrected chi connectivity index (χ4v) is 2.86. The SMILES string of the molecule is Cc1ccccc1C(C)NC(=O)C1(C)CC1(Cl)Cl. The first-order chi connectivity index (χ1) is 8.28. The molecule has 2 atom stereocenters. The van der Waals surface area contributed by atoms with Crippen molar-refractivity contribution < 1.29 is 4.79 Å². The van der Waals surface area contributed by atoms with Gasteiger partial charge in [-0.05, 0) is 38.3 Å². The number of alkyl halides is 2. The molecule has 18 heavy (non-hydrogen) atoms. The molecule has 1 N–H and O–H groups in total. The zero-order chi connectivity index (χ0) is 13.6. The summed E-state index contributed by atoms with van der Waals surface area (Å²) in [5.74, 6) is -0.0803. The van der Waals surface area contributed by atoms with E-state index >= 15 is 0 Å². The minimum atomic E-state index is -0.914. The topological polar surface area (TPSA) is 29.1 Å². The molecule has 0 radical (unpaired) electrons. The van der Waals surface area contributed by atoms with Crippen LogP contribution in [0.5, 0.6) is 0 Å². The van der Waals surface area contributed by atoms with Crippen molar-refractivity contribution in [3.05, 3.63) is 35.4 Å². The lowest BCUT2D eigenvalue weighted by atomic mass is 10.0. The van der Waals surface area contributed by atoms with E-state index in [1.165, 1.54) is 0 Å². The van der Waals surface area contributed by atoms with E-state index in [9.17, 15) is 4.79 Å². The van der Waals surface area contributed by atoms with E-state index in [0.717, 1.165) is 11.1 Å². The fourth-order valence-electron chi connectivity index (χ4n) is 2.15. The quantitative estimate of drug-likeness (QED) is 0.842. The molecule has 1 aromatic carbocycles. The van der Waals surface area contributed by atoms with Crippen LogP contribution in [0.15, 0.2) is 24.3 Å². The van der Waals surface area contributed by atoms with E-state index in [2.05, 4.69) is 5.32 Å². The predicted molar refractivity (Wildman–Crippen MR) is 74.9 cm³/mol. The first-order valence-electron chi connectivity index (χ1n) is 6.02. The standard InChI is InChI=1S/C14H17Cl2NO/c1-9-6-4-5-7-11(9)10(2)17-12(18)13(3)8-14(13,15)16/h4-7,10H,8H2,1-3H3,(H,17,18). The van der Waals surface area contributed by atoms with Gasteiger partial charge < -0.3 is 5.32 Å². The Morgan fingerprint density at radius 1 is 1.39 bits per heavy atom. The van der Waals surface area contributed by atoms with Crippen LogP contribution in [0.2, 0.25) is 0 Å². The zero-order valence-corrected chi connectivity index (χ0v) is 12.3. The van der Waals surface area contributed by atoms with Crippen molar-refractivity contribution in [2.45, 2.75) is 37.6 Å². The van der Waals surface area contributed by atoms with Gasteiger partial charge in [-0.1, -0.05) is 24.3 Å². The summed E-state index contributed by atoms with van der Waals surface area (Å²) in [5, 5.41) is 2.99. The van der Waals surface area contributed by atoms with Crippen molar-refractivity contribution in [3.8, 4) is 0 Å². The molecule has 2 unspecified atom stereocenters. The zero-order valence-electron chi connectivity index (χ0n) is 10.8. The third kappa shape index (κ3) is 2.24. The lowest BCUT2D eigenvalue weighted by Gasteiger charge is -2.20. The van der Waals surface area contributed by atoms with E-state index in [1.54, 1.807) is 6.92 Å². The van der Waals surface area contributed by atoms with Crippen LogP contribution in [0.3, 0.4) is 0 Å². The molecule has 1 aromatic rings. The van der Waals surface area contributed by atoms with Gasteiger partial charge in [0, 0.05) is 0 Å². The van der Waals surface area contributed by atoms with E-state index < -0.39 is 9.75 Å². The molecule has 2 nitrogen and oxygen atoms in total. The van der Waals surface area contributed by atoms with Crippen molar-refractivity contribution in [2.75, 3.05) is 0 Å². The summed E-state index contributed by atoms with van der Waals surface area (Å²) in [6, 6.07) is 7.96. The molecule has 1 aliphatic rings. The van der Waals surface area contributed by atoms with Gasteiger partial charge >= 0.3 is 0 Å². The average molecular weight is 286 g/mol. The van der Waals surface area contributed by atoms with Gasteiger partial charge in [-0.3, -0.25) is 4.79 Å². The summed E-state index contributed by atoms with van der Waals surface area (Å²) < 4.78 is -0.914. The van der Waals surface area contributed by atoms with Crippen LogP contribution in [0.4, 0.5) is 0 Å². The number of rotatable bonds is 3. The molecule has 0 aromatic heterocycles. The van der Waals surface area contributed by atoms with Gasteiger partial charge in [0.2, 0.25) is 5.91 Å². The molecule has 98 valence electrons. The highest BCUT2D eigenvalue weighted by Gasteiger charge is 2.67. The second kappa shape index (κ2) is 4.43. The number of carbonyl (C=O) groups excluding carboxylic acids is 1. The Hall–Kier alpha value is -0.730. The molecule has 0 bridgehead atoms. The van der Waals surface area contributed by atoms with Crippen LogP contribution in [0.1, 0.15) is 37.4 Å². The maximum atomic E-state index is 12.2. The molecule has 1 saturated carbocycles. The first-order valence-corrected chi connectivity index (χ1v) is 6.78. The van der Waals surface area contributed by atoms with Gasteiger partial charge in [0.1, 0.15) is 4.33 Å². The van der Waals surface area contributed by atoms with Crippen molar-refractivity contribution in [2.24, 2.45) is 5.41 Å². The van der Waals surface area contributed by atoms with E-state index in [0.29, 0.717) is 6.42 Å². The Labute approximate surface area is 118 Å². The van der Waals surface area contributed by atoms with Crippen LogP contribution >= 0.6 is 23.2 Å². The highest BCUT2D eigenvalue weighted by Crippen LogP contribution is 2.63. The minimum absolute atomic E-state index is 0.0414.